The van der Waals surface area contributed by atoms with Gasteiger partial charge in [-0.2, -0.15) is 4.72 Å². The molecule has 180 valence electrons. The van der Waals surface area contributed by atoms with Gasteiger partial charge in [0.05, 0.1) is 13.7 Å². The minimum atomic E-state index is -4.17. The number of oxime groups is 1. The van der Waals surface area contributed by atoms with Crippen molar-refractivity contribution in [2.75, 3.05) is 20.3 Å². The van der Waals surface area contributed by atoms with Crippen molar-refractivity contribution in [2.45, 2.75) is 23.8 Å². The third kappa shape index (κ3) is 8.44. The molecule has 2 aromatic rings. The number of carboxylic acid groups (broad SMARTS) is 1. The van der Waals surface area contributed by atoms with Crippen molar-refractivity contribution in [1.82, 2.24) is 4.72 Å². The van der Waals surface area contributed by atoms with Gasteiger partial charge in [0, 0.05) is 10.9 Å². The van der Waals surface area contributed by atoms with Crippen LogP contribution in [0.1, 0.15) is 12.0 Å². The Kier molecular flexibility index (Phi) is 9.75. The van der Waals surface area contributed by atoms with E-state index in [1.54, 1.807) is 30.3 Å². The number of carboxylic acids is 1. The summed E-state index contributed by atoms with van der Waals surface area (Å²) >= 11 is 3.21. The molecule has 1 atom stereocenters. The molecule has 2 rings (SSSR count). The number of guanidine groups is 1. The lowest BCUT2D eigenvalue weighted by molar-refractivity contribution is -0.138. The number of hydrogen-bond donors (Lipinski definition) is 4. The normalized spacial score (nSPS) is 11.9. The molecule has 0 aliphatic carbocycles. The van der Waals surface area contributed by atoms with E-state index in [0.29, 0.717) is 28.8 Å². The van der Waals surface area contributed by atoms with Crippen LogP contribution in [0, 0.1) is 0 Å². The van der Waals surface area contributed by atoms with Gasteiger partial charge in [0.2, 0.25) is 16.0 Å². The summed E-state index contributed by atoms with van der Waals surface area (Å²) in [4.78, 5) is 16.4. The number of sulfonamides is 1. The Morgan fingerprint density at radius 1 is 1.18 bits per heavy atom. The van der Waals surface area contributed by atoms with E-state index in [-0.39, 0.29) is 29.6 Å². The average molecular weight is 545 g/mol. The Hall–Kier alpha value is -3.03. The monoisotopic (exact) mass is 544 g/mol. The summed E-state index contributed by atoms with van der Waals surface area (Å²) < 4.78 is 39.1. The first-order valence-electron chi connectivity index (χ1n) is 9.63. The second-order valence-corrected chi connectivity index (χ2v) is 9.30. The highest BCUT2D eigenvalue weighted by molar-refractivity contribution is 9.10. The van der Waals surface area contributed by atoms with Crippen LogP contribution in [0.2, 0.25) is 0 Å². The minimum Gasteiger partial charge on any atom is -0.495 e. The number of ether oxygens (including phenoxy) is 2. The predicted molar refractivity (Wildman–Crippen MR) is 124 cm³/mol. The highest BCUT2D eigenvalue weighted by Crippen LogP contribution is 2.27. The Bertz CT molecular complexity index is 1070. The first-order chi connectivity index (χ1) is 15.6. The van der Waals surface area contributed by atoms with Gasteiger partial charge >= 0.3 is 5.97 Å². The number of hydrogen-bond acceptors (Lipinski definition) is 7. The smallest absolute Gasteiger partial charge is 0.322 e. The molecule has 0 spiro atoms. The quantitative estimate of drug-likeness (QED) is 0.125. The number of carbonyl (C=O) groups is 1. The number of rotatable bonds is 13. The van der Waals surface area contributed by atoms with Crippen molar-refractivity contribution in [2.24, 2.45) is 16.6 Å². The Morgan fingerprint density at radius 2 is 1.88 bits per heavy atom. The van der Waals surface area contributed by atoms with E-state index in [9.17, 15) is 18.3 Å². The van der Waals surface area contributed by atoms with Gasteiger partial charge in [-0.1, -0.05) is 28.1 Å². The molecule has 0 saturated heterocycles. The second kappa shape index (κ2) is 12.3. The van der Waals surface area contributed by atoms with Crippen molar-refractivity contribution in [1.29, 1.82) is 0 Å². The molecule has 33 heavy (non-hydrogen) atoms. The highest BCUT2D eigenvalue weighted by Gasteiger charge is 2.28. The van der Waals surface area contributed by atoms with Crippen molar-refractivity contribution >= 4 is 37.9 Å². The van der Waals surface area contributed by atoms with Crippen molar-refractivity contribution in [3.05, 3.63) is 52.5 Å². The van der Waals surface area contributed by atoms with Gasteiger partial charge in [0.1, 0.15) is 29.0 Å². The molecule has 2 aromatic carbocycles. The maximum Gasteiger partial charge on any atom is 0.322 e. The third-order valence-electron chi connectivity index (χ3n) is 4.19. The minimum absolute atomic E-state index is 0.0719. The number of nitrogens with one attached hydrogen (secondary N) is 1. The first-order valence-corrected chi connectivity index (χ1v) is 11.9. The number of aliphatic carboxylic acids is 1. The maximum atomic E-state index is 12.8. The molecule has 0 amide bonds. The molecule has 0 aliphatic heterocycles. The van der Waals surface area contributed by atoms with E-state index >= 15 is 0 Å². The van der Waals surface area contributed by atoms with Gasteiger partial charge in [-0.15, -0.1) is 0 Å². The molecule has 6 N–H and O–H groups in total. The van der Waals surface area contributed by atoms with Crippen molar-refractivity contribution < 1.29 is 32.6 Å². The lowest BCUT2D eigenvalue weighted by Gasteiger charge is -2.17. The van der Waals surface area contributed by atoms with E-state index in [1.165, 1.54) is 19.2 Å². The fourth-order valence-electron chi connectivity index (χ4n) is 2.68. The summed E-state index contributed by atoms with van der Waals surface area (Å²) in [5.74, 6) is -0.815. The Balaban J connectivity index is 2.00. The average Bonchev–Trinajstić information content (AvgIpc) is 2.76. The molecule has 0 bridgehead atoms. The zero-order chi connectivity index (χ0) is 24.4. The summed E-state index contributed by atoms with van der Waals surface area (Å²) in [6.07, 6.45) is 0.470. The molecular weight excluding hydrogens is 520 g/mol. The lowest BCUT2D eigenvalue weighted by atomic mass is 10.1. The summed E-state index contributed by atoms with van der Waals surface area (Å²) in [6.45, 7) is 0.630. The Labute approximate surface area is 199 Å². The third-order valence-corrected chi connectivity index (χ3v) is 6.18. The lowest BCUT2D eigenvalue weighted by Crippen LogP contribution is -2.42. The highest BCUT2D eigenvalue weighted by atomic mass is 79.9. The van der Waals surface area contributed by atoms with E-state index < -0.39 is 22.0 Å². The molecular formula is C20H25BrN4O7S. The number of methoxy groups -OCH3 is 1. The molecule has 0 radical (unpaired) electrons. The van der Waals surface area contributed by atoms with Gasteiger partial charge in [0.15, 0.2) is 0 Å². The summed E-state index contributed by atoms with van der Waals surface area (Å²) in [5.41, 5.74) is 10.9. The zero-order valence-electron chi connectivity index (χ0n) is 17.7. The fourth-order valence-corrected chi connectivity index (χ4v) is 4.58. The van der Waals surface area contributed by atoms with Crippen LogP contribution in [0.3, 0.4) is 0 Å². The van der Waals surface area contributed by atoms with E-state index in [1.807, 2.05) is 0 Å². The summed E-state index contributed by atoms with van der Waals surface area (Å²) in [6, 6.07) is 9.69. The summed E-state index contributed by atoms with van der Waals surface area (Å²) in [7, 11) is -2.84. The zero-order valence-corrected chi connectivity index (χ0v) is 20.1. The van der Waals surface area contributed by atoms with Crippen LogP contribution in [0.4, 0.5) is 0 Å². The predicted octanol–water partition coefficient (Wildman–Crippen LogP) is 1.41. The fraction of sp³-hybridized carbons (Fsp3) is 0.300. The first kappa shape index (κ1) is 26.2. The number of nitrogens with zero attached hydrogens (tertiary/aromatic N) is 1. The maximum absolute atomic E-state index is 12.8. The molecule has 0 saturated carbocycles. The van der Waals surface area contributed by atoms with Crippen molar-refractivity contribution in [3.63, 3.8) is 0 Å². The SMILES string of the molecule is COc1ccc(Br)cc1S(=O)(=O)N[C@@H](Cc1ccc(OCCCON=C(N)N)cc1)C(=O)O. The topological polar surface area (TPSA) is 176 Å². The van der Waals surface area contributed by atoms with E-state index in [4.69, 9.17) is 25.8 Å². The molecule has 0 aromatic heterocycles. The van der Waals surface area contributed by atoms with Crippen LogP contribution in [-0.2, 0) is 26.1 Å². The van der Waals surface area contributed by atoms with Gasteiger partial charge < -0.3 is 30.9 Å². The molecule has 13 heteroatoms. The number of benzene rings is 2. The van der Waals surface area contributed by atoms with E-state index in [2.05, 4.69) is 25.8 Å². The van der Waals surface area contributed by atoms with Gasteiger partial charge in [-0.25, -0.2) is 8.42 Å². The van der Waals surface area contributed by atoms with Gasteiger partial charge in [0.25, 0.3) is 0 Å². The number of nitrogens with two attached hydrogens (primary N) is 2. The molecule has 0 fully saturated rings. The molecule has 11 nitrogen and oxygen atoms in total. The van der Waals surface area contributed by atoms with Crippen LogP contribution in [-0.4, -0.2) is 51.8 Å². The van der Waals surface area contributed by atoms with E-state index in [0.717, 1.165) is 0 Å². The van der Waals surface area contributed by atoms with Crippen LogP contribution in [0.5, 0.6) is 11.5 Å². The van der Waals surface area contributed by atoms with Gasteiger partial charge in [-0.05, 0) is 47.5 Å². The second-order valence-electron chi connectivity index (χ2n) is 6.71. The Morgan fingerprint density at radius 3 is 2.48 bits per heavy atom. The van der Waals surface area contributed by atoms with Crippen LogP contribution < -0.4 is 25.7 Å². The molecule has 0 aliphatic rings. The van der Waals surface area contributed by atoms with Crippen LogP contribution in [0.25, 0.3) is 0 Å². The van der Waals surface area contributed by atoms with Crippen LogP contribution >= 0.6 is 15.9 Å². The van der Waals surface area contributed by atoms with Crippen molar-refractivity contribution in [3.8, 4) is 11.5 Å². The summed E-state index contributed by atoms with van der Waals surface area (Å²) in [5, 5.41) is 13.0. The standard InChI is InChI=1S/C20H25BrN4O7S/c1-30-17-8-5-14(21)12-18(17)33(28,29)25-16(19(26)27)11-13-3-6-15(7-4-13)31-9-2-10-32-24-20(22)23/h3-8,12,16,25H,2,9-11H2,1H3,(H,26,27)(H4,22,23,24)/t16-/m0/s1. The molecule has 0 unspecified atom stereocenters. The largest absolute Gasteiger partial charge is 0.495 e. The number of halogens is 1. The van der Waals surface area contributed by atoms with Crippen LogP contribution in [0.15, 0.2) is 57.0 Å². The molecule has 0 heterocycles. The van der Waals surface area contributed by atoms with Gasteiger partial charge in [-0.3, -0.25) is 4.79 Å².